The molecule has 9 rings (SSSR count). The summed E-state index contributed by atoms with van der Waals surface area (Å²) in [6.07, 6.45) is 4.30. The molecule has 0 unspecified atom stereocenters. The third-order valence-electron chi connectivity index (χ3n) is 10.3. The maximum Gasteiger partial charge on any atom is -0.00201 e. The summed E-state index contributed by atoms with van der Waals surface area (Å²) in [6.45, 7) is 8.25. The summed E-state index contributed by atoms with van der Waals surface area (Å²) in [5, 5.41) is 10.1. The van der Waals surface area contributed by atoms with Crippen LogP contribution in [0.4, 0.5) is 0 Å². The average molecular weight is 667 g/mol. The Labute approximate surface area is 307 Å². The van der Waals surface area contributed by atoms with Gasteiger partial charge in [-0.3, -0.25) is 0 Å². The molecule has 0 atom stereocenters. The highest BCUT2D eigenvalue weighted by molar-refractivity contribution is 6.23. The number of benzene rings is 9. The molecule has 0 spiro atoms. The van der Waals surface area contributed by atoms with E-state index in [0.29, 0.717) is 0 Å². The molecule has 0 aliphatic carbocycles. The van der Waals surface area contributed by atoms with Gasteiger partial charge in [-0.1, -0.05) is 178 Å². The maximum atomic E-state index is 2.37. The van der Waals surface area contributed by atoms with Crippen molar-refractivity contribution in [2.45, 2.75) is 27.7 Å². The Bertz CT molecular complexity index is 2710. The number of fused-ring (bicyclic) bond motifs is 4. The van der Waals surface area contributed by atoms with Crippen molar-refractivity contribution in [3.8, 4) is 44.5 Å². The van der Waals surface area contributed by atoms with Crippen LogP contribution in [-0.2, 0) is 0 Å². The van der Waals surface area contributed by atoms with Crippen molar-refractivity contribution in [3.63, 3.8) is 0 Å². The lowest BCUT2D eigenvalue weighted by Gasteiger charge is -2.20. The zero-order chi connectivity index (χ0) is 35.6. The van der Waals surface area contributed by atoms with Crippen LogP contribution in [0.5, 0.6) is 0 Å². The number of allylic oxidation sites excluding steroid dienone is 1. The Morgan fingerprint density at radius 1 is 0.365 bits per heavy atom. The van der Waals surface area contributed by atoms with E-state index in [1.54, 1.807) is 0 Å². The van der Waals surface area contributed by atoms with Crippen LogP contribution < -0.4 is 0 Å². The van der Waals surface area contributed by atoms with E-state index in [1.807, 2.05) is 13.8 Å². The molecule has 0 fully saturated rings. The number of hydrogen-bond donors (Lipinski definition) is 0. The number of rotatable bonds is 5. The molecule has 0 N–H and O–H groups in total. The molecule has 52 heavy (non-hydrogen) atoms. The fourth-order valence-corrected chi connectivity index (χ4v) is 7.89. The summed E-state index contributed by atoms with van der Waals surface area (Å²) in [6, 6.07) is 62.8. The third kappa shape index (κ3) is 5.77. The molecular formula is C52H42. The van der Waals surface area contributed by atoms with Gasteiger partial charge in [0.15, 0.2) is 0 Å². The fraction of sp³-hybridized carbons (Fsp3) is 0.0769. The predicted octanol–water partition coefficient (Wildman–Crippen LogP) is 15.3. The SMILES string of the molecule is C/C=C\c1cc(-c2ccc3cc(-c4c5ccccc5c(-c5ccccc5-c5cccc6ccccc56)c5ccccc45)ccc3c2)ccc1C.CC. The molecular weight excluding hydrogens is 625 g/mol. The molecule has 0 aromatic heterocycles. The van der Waals surface area contributed by atoms with Crippen molar-refractivity contribution in [1.82, 2.24) is 0 Å². The normalized spacial score (nSPS) is 11.4. The zero-order valence-corrected chi connectivity index (χ0v) is 30.3. The summed E-state index contributed by atoms with van der Waals surface area (Å²) >= 11 is 0. The summed E-state index contributed by atoms with van der Waals surface area (Å²) in [4.78, 5) is 0. The van der Waals surface area contributed by atoms with Crippen LogP contribution in [0, 0.1) is 6.92 Å². The lowest BCUT2D eigenvalue weighted by atomic mass is 9.83. The summed E-state index contributed by atoms with van der Waals surface area (Å²) in [5.74, 6) is 0. The maximum absolute atomic E-state index is 2.37. The molecule has 9 aromatic rings. The molecule has 0 saturated carbocycles. The van der Waals surface area contributed by atoms with E-state index in [0.717, 1.165) is 0 Å². The fourth-order valence-electron chi connectivity index (χ4n) is 7.89. The van der Waals surface area contributed by atoms with Gasteiger partial charge in [0.05, 0.1) is 0 Å². The van der Waals surface area contributed by atoms with E-state index in [9.17, 15) is 0 Å². The minimum Gasteiger partial charge on any atom is -0.0871 e. The number of aryl methyl sites for hydroxylation is 1. The van der Waals surface area contributed by atoms with Gasteiger partial charge >= 0.3 is 0 Å². The molecule has 0 aliphatic heterocycles. The van der Waals surface area contributed by atoms with Crippen molar-refractivity contribution in [1.29, 1.82) is 0 Å². The van der Waals surface area contributed by atoms with Crippen LogP contribution in [0.15, 0.2) is 176 Å². The van der Waals surface area contributed by atoms with Crippen LogP contribution in [0.2, 0.25) is 0 Å². The van der Waals surface area contributed by atoms with Gasteiger partial charge in [-0.15, -0.1) is 0 Å². The first-order valence-electron chi connectivity index (χ1n) is 18.5. The smallest absolute Gasteiger partial charge is 0.00201 e. The van der Waals surface area contributed by atoms with Gasteiger partial charge in [0.25, 0.3) is 0 Å². The summed E-state index contributed by atoms with van der Waals surface area (Å²) in [7, 11) is 0. The molecule has 0 heteroatoms. The van der Waals surface area contributed by atoms with Crippen molar-refractivity contribution < 1.29 is 0 Å². The van der Waals surface area contributed by atoms with Crippen molar-refractivity contribution in [2.75, 3.05) is 0 Å². The van der Waals surface area contributed by atoms with E-state index in [4.69, 9.17) is 0 Å². The van der Waals surface area contributed by atoms with Crippen LogP contribution >= 0.6 is 0 Å². The van der Waals surface area contributed by atoms with Crippen molar-refractivity contribution >= 4 is 49.2 Å². The first-order valence-corrected chi connectivity index (χ1v) is 18.5. The molecule has 0 nitrogen and oxygen atoms in total. The monoisotopic (exact) mass is 666 g/mol. The molecule has 0 saturated heterocycles. The highest BCUT2D eigenvalue weighted by atomic mass is 14.2. The lowest BCUT2D eigenvalue weighted by Crippen LogP contribution is -1.93. The largest absolute Gasteiger partial charge is 0.0871 e. The Kier molecular flexibility index (Phi) is 8.98. The van der Waals surface area contributed by atoms with Crippen LogP contribution in [0.25, 0.3) is 93.7 Å². The topological polar surface area (TPSA) is 0 Å². The van der Waals surface area contributed by atoms with E-state index >= 15 is 0 Å². The molecule has 0 heterocycles. The number of hydrogen-bond acceptors (Lipinski definition) is 0. The molecule has 9 aromatic carbocycles. The average Bonchev–Trinajstić information content (AvgIpc) is 3.21. The van der Waals surface area contributed by atoms with E-state index < -0.39 is 0 Å². The van der Waals surface area contributed by atoms with Crippen LogP contribution in [0.3, 0.4) is 0 Å². The van der Waals surface area contributed by atoms with Gasteiger partial charge in [-0.25, -0.2) is 0 Å². The van der Waals surface area contributed by atoms with Gasteiger partial charge in [-0.05, 0) is 131 Å². The second-order valence-electron chi connectivity index (χ2n) is 13.3. The quantitative estimate of drug-likeness (QED) is 0.160. The summed E-state index contributed by atoms with van der Waals surface area (Å²) < 4.78 is 0. The first kappa shape index (κ1) is 32.9. The van der Waals surface area contributed by atoms with Gasteiger partial charge in [-0.2, -0.15) is 0 Å². The van der Waals surface area contributed by atoms with Crippen LogP contribution in [-0.4, -0.2) is 0 Å². The Balaban J connectivity index is 0.00000190. The lowest BCUT2D eigenvalue weighted by molar-refractivity contribution is 1.44. The van der Waals surface area contributed by atoms with Crippen molar-refractivity contribution in [3.05, 3.63) is 187 Å². The third-order valence-corrected chi connectivity index (χ3v) is 10.3. The second-order valence-corrected chi connectivity index (χ2v) is 13.3. The van der Waals surface area contributed by atoms with E-state index in [2.05, 4.69) is 196 Å². The molecule has 0 amide bonds. The highest BCUT2D eigenvalue weighted by Gasteiger charge is 2.19. The minimum absolute atomic E-state index is 1.23. The first-order chi connectivity index (χ1) is 25.7. The highest BCUT2D eigenvalue weighted by Crippen LogP contribution is 2.47. The van der Waals surface area contributed by atoms with Crippen LogP contribution in [0.1, 0.15) is 31.9 Å². The van der Waals surface area contributed by atoms with Gasteiger partial charge in [0, 0.05) is 0 Å². The van der Waals surface area contributed by atoms with Gasteiger partial charge in [0.1, 0.15) is 0 Å². The van der Waals surface area contributed by atoms with E-state index in [-0.39, 0.29) is 0 Å². The molecule has 250 valence electrons. The standard InChI is InChI=1S/C50H36.C2H6/c1-3-13-35-30-36(25-24-33(35)2)37-26-27-39-32-40(29-28-38(39)31-37)49-45-19-8-10-21-47(45)50(48-22-11-9-20-46(48)49)44-18-7-6-17-43(44)42-23-12-15-34-14-4-5-16-41(34)42;1-2/h3-32H,1-2H3;1-2H3/b13-3-;. The molecule has 0 aliphatic rings. The van der Waals surface area contributed by atoms with Crippen molar-refractivity contribution in [2.24, 2.45) is 0 Å². The Morgan fingerprint density at radius 3 is 1.52 bits per heavy atom. The second kappa shape index (κ2) is 14.2. The summed E-state index contributed by atoms with van der Waals surface area (Å²) in [5.41, 5.74) is 12.6. The predicted molar refractivity (Wildman–Crippen MR) is 229 cm³/mol. The Morgan fingerprint density at radius 2 is 0.846 bits per heavy atom. The molecule has 0 radical (unpaired) electrons. The molecule has 0 bridgehead atoms. The zero-order valence-electron chi connectivity index (χ0n) is 30.3. The Hall–Kier alpha value is -6.24. The van der Waals surface area contributed by atoms with Gasteiger partial charge in [0.2, 0.25) is 0 Å². The minimum atomic E-state index is 1.23. The van der Waals surface area contributed by atoms with Gasteiger partial charge < -0.3 is 0 Å². The van der Waals surface area contributed by atoms with E-state index in [1.165, 1.54) is 98.7 Å².